The van der Waals surface area contributed by atoms with Crippen LogP contribution in [0.25, 0.3) is 11.3 Å². The van der Waals surface area contributed by atoms with Crippen molar-refractivity contribution < 1.29 is 27.1 Å². The summed E-state index contributed by atoms with van der Waals surface area (Å²) < 4.78 is 53.9. The molecule has 0 aromatic carbocycles. The van der Waals surface area contributed by atoms with Crippen LogP contribution < -0.4 is 15.5 Å². The molecule has 0 spiro atoms. The SMILES string of the molecule is CC(F)F.O=C1Nc2nccc(-c3cc(C(F)(F)P)cc(N4CCNCC4)n3)c2CO1. The third-order valence-electron chi connectivity index (χ3n) is 4.54. The predicted molar refractivity (Wildman–Crippen MR) is 112 cm³/mol. The first kappa shape index (κ1) is 23.1. The highest BCUT2D eigenvalue weighted by atomic mass is 31.0. The van der Waals surface area contributed by atoms with Gasteiger partial charge >= 0.3 is 6.09 Å². The number of hydrogen-bond donors (Lipinski definition) is 2. The molecule has 0 radical (unpaired) electrons. The lowest BCUT2D eigenvalue weighted by Crippen LogP contribution is -2.44. The molecule has 1 amide bonds. The van der Waals surface area contributed by atoms with Gasteiger partial charge in [-0.05, 0) is 25.1 Å². The quantitative estimate of drug-likeness (QED) is 0.537. The number of pyridine rings is 2. The van der Waals surface area contributed by atoms with Crippen molar-refractivity contribution in [3.8, 4) is 11.3 Å². The molecule has 31 heavy (non-hydrogen) atoms. The molecule has 2 aliphatic rings. The normalized spacial score (nSPS) is 16.1. The number of nitrogens with zero attached hydrogens (tertiary/aromatic N) is 3. The summed E-state index contributed by atoms with van der Waals surface area (Å²) in [4.78, 5) is 22.2. The monoisotopic (exact) mass is 459 g/mol. The van der Waals surface area contributed by atoms with E-state index in [0.29, 0.717) is 41.5 Å². The highest BCUT2D eigenvalue weighted by molar-refractivity contribution is 7.17. The fraction of sp³-hybridized carbons (Fsp3) is 0.421. The molecule has 7 nitrogen and oxygen atoms in total. The van der Waals surface area contributed by atoms with E-state index in [2.05, 4.69) is 20.6 Å². The molecule has 0 bridgehead atoms. The van der Waals surface area contributed by atoms with Gasteiger partial charge in [-0.15, -0.1) is 0 Å². The highest BCUT2D eigenvalue weighted by Gasteiger charge is 2.29. The molecule has 0 saturated carbocycles. The average molecular weight is 459 g/mol. The maximum atomic E-state index is 14.1. The van der Waals surface area contributed by atoms with Gasteiger partial charge in [-0.2, -0.15) is 8.78 Å². The number of piperazine rings is 1. The number of nitrogens with one attached hydrogen (secondary N) is 2. The van der Waals surface area contributed by atoms with Crippen molar-refractivity contribution in [2.45, 2.75) is 25.6 Å². The Balaban J connectivity index is 0.000000628. The van der Waals surface area contributed by atoms with Crippen LogP contribution in [0.1, 0.15) is 18.1 Å². The van der Waals surface area contributed by atoms with Crippen molar-refractivity contribution in [2.75, 3.05) is 36.4 Å². The molecule has 1 fully saturated rings. The Morgan fingerprint density at radius 2 is 1.94 bits per heavy atom. The molecule has 1 atom stereocenters. The van der Waals surface area contributed by atoms with E-state index < -0.39 is 18.2 Å². The van der Waals surface area contributed by atoms with E-state index in [9.17, 15) is 22.4 Å². The van der Waals surface area contributed by atoms with Crippen LogP contribution in [0.2, 0.25) is 0 Å². The van der Waals surface area contributed by atoms with E-state index in [1.54, 1.807) is 15.3 Å². The number of anilines is 2. The Morgan fingerprint density at radius 3 is 2.58 bits per heavy atom. The van der Waals surface area contributed by atoms with Crippen LogP contribution in [0.15, 0.2) is 24.4 Å². The summed E-state index contributed by atoms with van der Waals surface area (Å²) in [5.41, 5.74) is -1.62. The lowest BCUT2D eigenvalue weighted by atomic mass is 10.0. The average Bonchev–Trinajstić information content (AvgIpc) is 2.72. The lowest BCUT2D eigenvalue weighted by Gasteiger charge is -2.29. The van der Waals surface area contributed by atoms with Crippen molar-refractivity contribution in [1.29, 1.82) is 0 Å². The maximum Gasteiger partial charge on any atom is 0.413 e. The minimum atomic E-state index is -3.09. The van der Waals surface area contributed by atoms with Crippen LogP contribution in [0.5, 0.6) is 0 Å². The Bertz CT molecular complexity index is 933. The van der Waals surface area contributed by atoms with E-state index in [-0.39, 0.29) is 12.2 Å². The second-order valence-corrected chi connectivity index (χ2v) is 7.59. The third kappa shape index (κ3) is 6.01. The maximum absolute atomic E-state index is 14.1. The molecule has 2 aromatic rings. The van der Waals surface area contributed by atoms with E-state index in [4.69, 9.17) is 4.74 Å². The number of ether oxygens (including phenoxy) is 1. The fourth-order valence-electron chi connectivity index (χ4n) is 3.16. The van der Waals surface area contributed by atoms with Gasteiger partial charge in [0.15, 0.2) is 0 Å². The lowest BCUT2D eigenvalue weighted by molar-refractivity contribution is 0.104. The summed E-state index contributed by atoms with van der Waals surface area (Å²) in [6, 6.07) is 4.48. The number of fused-ring (bicyclic) bond motifs is 1. The standard InChI is InChI=1S/C17H18F2N5O2P.C2H4F2/c18-17(19,27)10-7-13(22-14(8-10)24-5-3-20-4-6-24)11-1-2-21-15-12(11)9-26-16(25)23-15;1-2(3)4/h1-2,7-8,20H,3-6,9,27H2,(H,21,23,25);2H,1H3. The predicted octanol–water partition coefficient (Wildman–Crippen LogP) is 3.81. The summed E-state index contributed by atoms with van der Waals surface area (Å²) >= 11 is 0. The minimum Gasteiger partial charge on any atom is -0.444 e. The van der Waals surface area contributed by atoms with Gasteiger partial charge in [-0.1, -0.05) is 9.24 Å². The Morgan fingerprint density at radius 1 is 1.26 bits per heavy atom. The number of carbonyl (C=O) groups is 1. The Labute approximate surface area is 178 Å². The van der Waals surface area contributed by atoms with Crippen LogP contribution >= 0.6 is 9.24 Å². The molecule has 2 aliphatic heterocycles. The number of alkyl halides is 4. The zero-order valence-corrected chi connectivity index (χ0v) is 17.8. The van der Waals surface area contributed by atoms with Gasteiger partial charge in [0, 0.05) is 49.1 Å². The molecular weight excluding hydrogens is 437 g/mol. The topological polar surface area (TPSA) is 79.4 Å². The van der Waals surface area contributed by atoms with Crippen molar-refractivity contribution in [2.24, 2.45) is 0 Å². The molecule has 0 aliphatic carbocycles. The zero-order chi connectivity index (χ0) is 22.6. The van der Waals surface area contributed by atoms with Crippen LogP contribution in [-0.4, -0.2) is 48.7 Å². The van der Waals surface area contributed by atoms with Gasteiger partial charge in [0.25, 0.3) is 5.66 Å². The van der Waals surface area contributed by atoms with Crippen LogP contribution in [0, 0.1) is 0 Å². The summed E-state index contributed by atoms with van der Waals surface area (Å²) in [6.45, 7) is 3.75. The third-order valence-corrected chi connectivity index (χ3v) is 4.87. The number of cyclic esters (lactones) is 1. The Kier molecular flexibility index (Phi) is 7.27. The summed E-state index contributed by atoms with van der Waals surface area (Å²) in [6.07, 6.45) is -1.25. The first-order valence-electron chi connectivity index (χ1n) is 9.50. The van der Waals surface area contributed by atoms with Crippen LogP contribution in [-0.2, 0) is 17.0 Å². The van der Waals surface area contributed by atoms with E-state index >= 15 is 0 Å². The molecule has 2 aromatic heterocycles. The number of carbonyl (C=O) groups excluding carboxylic acids is 1. The van der Waals surface area contributed by atoms with Gasteiger partial charge in [-0.3, -0.25) is 5.32 Å². The van der Waals surface area contributed by atoms with Crippen molar-refractivity contribution in [3.05, 3.63) is 35.5 Å². The first-order chi connectivity index (χ1) is 14.6. The molecule has 1 unspecified atom stereocenters. The highest BCUT2D eigenvalue weighted by Crippen LogP contribution is 2.39. The van der Waals surface area contributed by atoms with E-state index in [0.717, 1.165) is 20.0 Å². The zero-order valence-electron chi connectivity index (χ0n) is 16.7. The van der Waals surface area contributed by atoms with Crippen molar-refractivity contribution >= 4 is 27.0 Å². The summed E-state index contributed by atoms with van der Waals surface area (Å²) in [5.74, 6) is 0.856. The number of amides is 1. The molecular formula is C19H22F4N5O2P. The number of hydrogen-bond acceptors (Lipinski definition) is 6. The molecule has 1 saturated heterocycles. The number of aromatic nitrogens is 2. The second-order valence-electron chi connectivity index (χ2n) is 6.86. The Hall–Kier alpha value is -2.52. The first-order valence-corrected chi connectivity index (χ1v) is 10.1. The molecule has 168 valence electrons. The smallest absolute Gasteiger partial charge is 0.413 e. The molecule has 12 heteroatoms. The van der Waals surface area contributed by atoms with Crippen molar-refractivity contribution in [1.82, 2.24) is 15.3 Å². The van der Waals surface area contributed by atoms with Gasteiger partial charge in [-0.25, -0.2) is 23.5 Å². The van der Waals surface area contributed by atoms with E-state index in [1.807, 2.05) is 4.90 Å². The van der Waals surface area contributed by atoms with Gasteiger partial charge in [0.1, 0.15) is 18.2 Å². The summed E-state index contributed by atoms with van der Waals surface area (Å²) in [5, 5.41) is 5.76. The molecule has 4 rings (SSSR count). The molecule has 2 N–H and O–H groups in total. The molecule has 4 heterocycles. The minimum absolute atomic E-state index is 0.0104. The largest absolute Gasteiger partial charge is 0.444 e. The number of halogens is 4. The number of rotatable bonds is 3. The second kappa shape index (κ2) is 9.74. The van der Waals surface area contributed by atoms with Gasteiger partial charge in [0.2, 0.25) is 6.43 Å². The van der Waals surface area contributed by atoms with Crippen molar-refractivity contribution in [3.63, 3.8) is 0 Å². The fourth-order valence-corrected chi connectivity index (χ4v) is 3.33. The van der Waals surface area contributed by atoms with E-state index in [1.165, 1.54) is 18.3 Å². The van der Waals surface area contributed by atoms with Crippen LogP contribution in [0.3, 0.4) is 0 Å². The van der Waals surface area contributed by atoms with Gasteiger partial charge in [0.05, 0.1) is 5.69 Å². The summed E-state index contributed by atoms with van der Waals surface area (Å²) in [7, 11) is 1.57. The van der Waals surface area contributed by atoms with Crippen LogP contribution in [0.4, 0.5) is 34.0 Å². The van der Waals surface area contributed by atoms with Gasteiger partial charge < -0.3 is 15.0 Å².